The summed E-state index contributed by atoms with van der Waals surface area (Å²) in [6, 6.07) is 11.9. The van der Waals surface area contributed by atoms with E-state index in [9.17, 15) is 0 Å². The number of pyridine rings is 1. The lowest BCUT2D eigenvalue weighted by molar-refractivity contribution is 0.395. The molecule has 25 heavy (non-hydrogen) atoms. The molecule has 1 heterocycles. The van der Waals surface area contributed by atoms with E-state index >= 15 is 0 Å². The molecule has 2 aromatic rings. The van der Waals surface area contributed by atoms with Gasteiger partial charge in [-0.1, -0.05) is 18.2 Å². The quantitative estimate of drug-likeness (QED) is 0.619. The average Bonchev–Trinajstić information content (AvgIpc) is 2.65. The number of ether oxygens (including phenoxy) is 2. The zero-order chi connectivity index (χ0) is 18.1. The number of guanidine groups is 1. The molecule has 6 heteroatoms. The van der Waals surface area contributed by atoms with Crippen LogP contribution in [0.1, 0.15) is 18.1 Å². The molecule has 0 saturated heterocycles. The van der Waals surface area contributed by atoms with Gasteiger partial charge < -0.3 is 19.7 Å². The summed E-state index contributed by atoms with van der Waals surface area (Å²) in [7, 11) is 5.32. The van der Waals surface area contributed by atoms with E-state index in [2.05, 4.69) is 28.2 Å². The van der Waals surface area contributed by atoms with E-state index in [-0.39, 0.29) is 0 Å². The number of rotatable bonds is 7. The first-order chi connectivity index (χ1) is 12.2. The van der Waals surface area contributed by atoms with Crippen molar-refractivity contribution in [3.8, 4) is 11.6 Å². The summed E-state index contributed by atoms with van der Waals surface area (Å²) < 4.78 is 10.6. The van der Waals surface area contributed by atoms with Gasteiger partial charge in [0, 0.05) is 38.0 Å². The maximum Gasteiger partial charge on any atom is 0.213 e. The molecule has 0 aliphatic rings. The molecule has 0 amide bonds. The predicted molar refractivity (Wildman–Crippen MR) is 100 cm³/mol. The first-order valence-electron chi connectivity index (χ1n) is 8.28. The van der Waals surface area contributed by atoms with Gasteiger partial charge in [0.1, 0.15) is 5.75 Å². The zero-order valence-electron chi connectivity index (χ0n) is 15.3. The van der Waals surface area contributed by atoms with Gasteiger partial charge in [0.15, 0.2) is 5.96 Å². The van der Waals surface area contributed by atoms with Crippen LogP contribution in [0.15, 0.2) is 47.6 Å². The molecule has 0 aliphatic heterocycles. The van der Waals surface area contributed by atoms with Crippen LogP contribution in [0.5, 0.6) is 11.6 Å². The predicted octanol–water partition coefficient (Wildman–Crippen LogP) is 2.70. The lowest BCUT2D eigenvalue weighted by atomic mass is 10.2. The molecule has 1 aromatic heterocycles. The van der Waals surface area contributed by atoms with E-state index in [4.69, 9.17) is 14.5 Å². The van der Waals surface area contributed by atoms with E-state index in [1.54, 1.807) is 20.4 Å². The highest BCUT2D eigenvalue weighted by molar-refractivity contribution is 5.79. The number of hydrogen-bond acceptors (Lipinski definition) is 4. The molecule has 6 nitrogen and oxygen atoms in total. The fourth-order valence-corrected chi connectivity index (χ4v) is 2.46. The van der Waals surface area contributed by atoms with Gasteiger partial charge in [-0.05, 0) is 24.6 Å². The number of aliphatic imine (C=N–C) groups is 1. The molecular weight excluding hydrogens is 316 g/mol. The summed E-state index contributed by atoms with van der Waals surface area (Å²) in [4.78, 5) is 10.9. The van der Waals surface area contributed by atoms with Crippen molar-refractivity contribution in [2.45, 2.75) is 20.0 Å². The third kappa shape index (κ3) is 5.38. The lowest BCUT2D eigenvalue weighted by Gasteiger charge is -2.23. The van der Waals surface area contributed by atoms with E-state index < -0.39 is 0 Å². The van der Waals surface area contributed by atoms with Crippen LogP contribution < -0.4 is 14.8 Å². The van der Waals surface area contributed by atoms with Crippen molar-refractivity contribution in [1.82, 2.24) is 15.2 Å². The third-order valence-electron chi connectivity index (χ3n) is 3.72. The largest absolute Gasteiger partial charge is 0.496 e. The standard InChI is InChI=1S/C19H26N4O2/c1-5-20-19(22-13-15-10-11-21-18(12-15)25-4)23(2)14-16-8-6-7-9-17(16)24-3/h6-12H,5,13-14H2,1-4H3,(H,20,22). The summed E-state index contributed by atoms with van der Waals surface area (Å²) in [5.74, 6) is 2.31. The summed E-state index contributed by atoms with van der Waals surface area (Å²) in [5, 5.41) is 3.33. The number of benzene rings is 1. The maximum atomic E-state index is 5.43. The molecule has 0 aliphatic carbocycles. The van der Waals surface area contributed by atoms with Crippen LogP contribution in [-0.2, 0) is 13.1 Å². The van der Waals surface area contributed by atoms with E-state index in [0.717, 1.165) is 29.4 Å². The molecule has 0 spiro atoms. The van der Waals surface area contributed by atoms with Gasteiger partial charge >= 0.3 is 0 Å². The number of hydrogen-bond donors (Lipinski definition) is 1. The van der Waals surface area contributed by atoms with Gasteiger partial charge in [0.2, 0.25) is 5.88 Å². The highest BCUT2D eigenvalue weighted by atomic mass is 16.5. The van der Waals surface area contributed by atoms with Crippen LogP contribution in [0.3, 0.4) is 0 Å². The smallest absolute Gasteiger partial charge is 0.213 e. The Bertz CT molecular complexity index is 703. The molecule has 0 radical (unpaired) electrons. The second-order valence-electron chi connectivity index (χ2n) is 5.54. The fourth-order valence-electron chi connectivity index (χ4n) is 2.46. The Kier molecular flexibility index (Phi) is 7.07. The molecule has 0 fully saturated rings. The Morgan fingerprint density at radius 3 is 2.72 bits per heavy atom. The highest BCUT2D eigenvalue weighted by Gasteiger charge is 2.10. The van der Waals surface area contributed by atoms with Gasteiger partial charge in [0.05, 0.1) is 20.8 Å². The fraction of sp³-hybridized carbons (Fsp3) is 0.368. The minimum absolute atomic E-state index is 0.553. The molecule has 1 aromatic carbocycles. The van der Waals surface area contributed by atoms with E-state index in [1.807, 2.05) is 37.4 Å². The Balaban J connectivity index is 2.12. The van der Waals surface area contributed by atoms with Crippen LogP contribution in [-0.4, -0.2) is 43.7 Å². The SMILES string of the molecule is CCNC(=NCc1ccnc(OC)c1)N(C)Cc1ccccc1OC. The van der Waals surface area contributed by atoms with Gasteiger partial charge in [-0.25, -0.2) is 9.98 Å². The minimum Gasteiger partial charge on any atom is -0.496 e. The normalized spacial score (nSPS) is 11.1. The summed E-state index contributed by atoms with van der Waals surface area (Å²) in [6.45, 7) is 4.11. The van der Waals surface area contributed by atoms with Crippen LogP contribution in [0.4, 0.5) is 0 Å². The minimum atomic E-state index is 0.553. The Hall–Kier alpha value is -2.76. The van der Waals surface area contributed by atoms with Crippen molar-refractivity contribution >= 4 is 5.96 Å². The third-order valence-corrected chi connectivity index (χ3v) is 3.72. The van der Waals surface area contributed by atoms with Gasteiger partial charge in [0.25, 0.3) is 0 Å². The lowest BCUT2D eigenvalue weighted by Crippen LogP contribution is -2.38. The van der Waals surface area contributed by atoms with Crippen molar-refractivity contribution in [1.29, 1.82) is 0 Å². The number of nitrogens with zero attached hydrogens (tertiary/aromatic N) is 3. The number of methoxy groups -OCH3 is 2. The topological polar surface area (TPSA) is 59.0 Å². The van der Waals surface area contributed by atoms with Crippen LogP contribution >= 0.6 is 0 Å². The van der Waals surface area contributed by atoms with E-state index in [1.165, 1.54) is 0 Å². The molecule has 0 unspecified atom stereocenters. The number of aromatic nitrogens is 1. The Morgan fingerprint density at radius 1 is 1.20 bits per heavy atom. The van der Waals surface area contributed by atoms with Crippen molar-refractivity contribution in [2.24, 2.45) is 4.99 Å². The molecular formula is C19H26N4O2. The van der Waals surface area contributed by atoms with Crippen molar-refractivity contribution in [3.05, 3.63) is 53.7 Å². The number of nitrogens with one attached hydrogen (secondary N) is 1. The van der Waals surface area contributed by atoms with Crippen LogP contribution in [0, 0.1) is 0 Å². The molecule has 0 bridgehead atoms. The Labute approximate surface area is 149 Å². The summed E-state index contributed by atoms with van der Waals surface area (Å²) in [6.07, 6.45) is 1.73. The summed E-state index contributed by atoms with van der Waals surface area (Å²) in [5.41, 5.74) is 2.16. The monoisotopic (exact) mass is 342 g/mol. The number of para-hydroxylation sites is 1. The van der Waals surface area contributed by atoms with Crippen LogP contribution in [0.25, 0.3) is 0 Å². The molecule has 0 atom stereocenters. The van der Waals surface area contributed by atoms with Crippen LogP contribution in [0.2, 0.25) is 0 Å². The summed E-state index contributed by atoms with van der Waals surface area (Å²) >= 11 is 0. The van der Waals surface area contributed by atoms with Gasteiger partial charge in [-0.2, -0.15) is 0 Å². The highest BCUT2D eigenvalue weighted by Crippen LogP contribution is 2.19. The second-order valence-corrected chi connectivity index (χ2v) is 5.54. The van der Waals surface area contributed by atoms with Crippen molar-refractivity contribution < 1.29 is 9.47 Å². The molecule has 1 N–H and O–H groups in total. The first-order valence-corrected chi connectivity index (χ1v) is 8.28. The Morgan fingerprint density at radius 2 is 2.00 bits per heavy atom. The average molecular weight is 342 g/mol. The molecule has 0 saturated carbocycles. The second kappa shape index (κ2) is 9.52. The molecule has 2 rings (SSSR count). The van der Waals surface area contributed by atoms with E-state index in [0.29, 0.717) is 19.0 Å². The van der Waals surface area contributed by atoms with Gasteiger partial charge in [-0.15, -0.1) is 0 Å². The molecule has 134 valence electrons. The van der Waals surface area contributed by atoms with Gasteiger partial charge in [-0.3, -0.25) is 0 Å². The maximum absolute atomic E-state index is 5.43. The van der Waals surface area contributed by atoms with Crippen molar-refractivity contribution in [3.63, 3.8) is 0 Å². The first kappa shape index (κ1) is 18.6. The zero-order valence-corrected chi connectivity index (χ0v) is 15.3. The van der Waals surface area contributed by atoms with Crippen molar-refractivity contribution in [2.75, 3.05) is 27.8 Å².